The fourth-order valence-corrected chi connectivity index (χ4v) is 9.88. The Morgan fingerprint density at radius 2 is 0.857 bits per heavy atom. The maximum Gasteiger partial charge on any atom is 0.0541 e. The predicted octanol–water partition coefficient (Wildman–Crippen LogP) is 16.2. The summed E-state index contributed by atoms with van der Waals surface area (Å²) in [5, 5.41) is 3.79. The van der Waals surface area contributed by atoms with Crippen molar-refractivity contribution in [1.29, 1.82) is 0 Å². The van der Waals surface area contributed by atoms with E-state index in [0.717, 1.165) is 52.4 Å². The Kier molecular flexibility index (Phi) is 8.97. The van der Waals surface area contributed by atoms with Gasteiger partial charge in [-0.1, -0.05) is 170 Å². The third-order valence-electron chi connectivity index (χ3n) is 12.8. The Morgan fingerprint density at radius 3 is 1.49 bits per heavy atom. The van der Waals surface area contributed by atoms with E-state index in [1.54, 1.807) is 0 Å². The number of allylic oxidation sites excluding steroid dienone is 1. The van der Waals surface area contributed by atoms with Crippen LogP contribution in [-0.2, 0) is 6.42 Å². The van der Waals surface area contributed by atoms with E-state index in [4.69, 9.17) is 0 Å². The highest BCUT2D eigenvalue weighted by molar-refractivity contribution is 6.09. The molecule has 0 atom stereocenters. The fraction of sp³-hybridized carbons (Fsp3) is 0.0333. The molecule has 0 spiro atoms. The monoisotopic (exact) mass is 805 g/mol. The highest BCUT2D eigenvalue weighted by Gasteiger charge is 2.23. The summed E-state index contributed by atoms with van der Waals surface area (Å²) >= 11 is 0. The molecule has 0 unspecified atom stereocenters. The highest BCUT2D eigenvalue weighted by atomic mass is 15.2. The van der Waals surface area contributed by atoms with Crippen LogP contribution < -0.4 is 4.90 Å². The second-order valence-electron chi connectivity index (χ2n) is 16.4. The van der Waals surface area contributed by atoms with Crippen LogP contribution in [0.2, 0.25) is 0 Å². The summed E-state index contributed by atoms with van der Waals surface area (Å²) in [4.78, 5) is 2.46. The van der Waals surface area contributed by atoms with E-state index >= 15 is 0 Å². The first-order valence-corrected chi connectivity index (χ1v) is 21.9. The van der Waals surface area contributed by atoms with E-state index in [1.807, 2.05) is 0 Å². The summed E-state index contributed by atoms with van der Waals surface area (Å²) in [6.07, 6.45) is 6.67. The third-order valence-corrected chi connectivity index (χ3v) is 12.8. The molecule has 12 rings (SSSR count). The zero-order chi connectivity index (χ0) is 41.7. The first-order valence-electron chi connectivity index (χ1n) is 21.9. The second kappa shape index (κ2) is 15.4. The van der Waals surface area contributed by atoms with Gasteiger partial charge in [-0.2, -0.15) is 0 Å². The van der Waals surface area contributed by atoms with Crippen molar-refractivity contribution in [3.63, 3.8) is 0 Å². The van der Waals surface area contributed by atoms with Crippen LogP contribution in [-0.4, -0.2) is 9.13 Å². The van der Waals surface area contributed by atoms with Crippen LogP contribution in [0.3, 0.4) is 0 Å². The number of anilines is 3. The maximum absolute atomic E-state index is 2.49. The van der Waals surface area contributed by atoms with Crippen LogP contribution >= 0.6 is 0 Å². The van der Waals surface area contributed by atoms with Gasteiger partial charge >= 0.3 is 0 Å². The first kappa shape index (κ1) is 36.7. The van der Waals surface area contributed by atoms with Crippen molar-refractivity contribution in [1.82, 2.24) is 9.13 Å². The Hall–Kier alpha value is -8.14. The summed E-state index contributed by atoms with van der Waals surface area (Å²) in [5.74, 6) is 0. The lowest BCUT2D eigenvalue weighted by atomic mass is 9.95. The lowest BCUT2D eigenvalue weighted by molar-refractivity contribution is 0.888. The fourth-order valence-electron chi connectivity index (χ4n) is 9.88. The van der Waals surface area contributed by atoms with Gasteiger partial charge in [0.05, 0.1) is 22.2 Å². The topological polar surface area (TPSA) is 13.1 Å². The minimum absolute atomic E-state index is 1.00. The van der Waals surface area contributed by atoms with Crippen molar-refractivity contribution < 1.29 is 0 Å². The molecule has 63 heavy (non-hydrogen) atoms. The SMILES string of the molecule is C1=Cc2c(n(-c3cccc(N(c4cccc(-n5c6ccccc6c6ccccc65)c4)c4ccc(-c5ccc(-c6ccccc6)cc5)cc4-c4ccccc4)c3)c3ccccc23)CC1. The lowest BCUT2D eigenvalue weighted by Gasteiger charge is -2.29. The summed E-state index contributed by atoms with van der Waals surface area (Å²) in [5.41, 5.74) is 18.9. The minimum Gasteiger partial charge on any atom is -0.313 e. The number of aromatic nitrogens is 2. The Balaban J connectivity index is 1.07. The van der Waals surface area contributed by atoms with Gasteiger partial charge in [0.15, 0.2) is 0 Å². The van der Waals surface area contributed by atoms with Gasteiger partial charge in [0.2, 0.25) is 0 Å². The molecule has 2 aromatic heterocycles. The highest BCUT2D eigenvalue weighted by Crippen LogP contribution is 2.45. The number of rotatable bonds is 8. The molecule has 0 aliphatic heterocycles. The second-order valence-corrected chi connectivity index (χ2v) is 16.4. The maximum atomic E-state index is 2.49. The normalized spacial score (nSPS) is 12.3. The van der Waals surface area contributed by atoms with E-state index in [2.05, 4.69) is 251 Å². The molecule has 0 saturated heterocycles. The van der Waals surface area contributed by atoms with Gasteiger partial charge in [0.25, 0.3) is 0 Å². The van der Waals surface area contributed by atoms with Crippen LogP contribution in [0.1, 0.15) is 17.7 Å². The zero-order valence-electron chi connectivity index (χ0n) is 34.8. The molecule has 1 aliphatic carbocycles. The number of benzene rings is 9. The lowest BCUT2D eigenvalue weighted by Crippen LogP contribution is -2.13. The van der Waals surface area contributed by atoms with Crippen LogP contribution in [0.5, 0.6) is 0 Å². The summed E-state index contributed by atoms with van der Waals surface area (Å²) < 4.78 is 4.90. The Morgan fingerprint density at radius 1 is 0.365 bits per heavy atom. The molecule has 0 N–H and O–H groups in total. The minimum atomic E-state index is 1.00. The smallest absolute Gasteiger partial charge is 0.0541 e. The molecule has 0 saturated carbocycles. The van der Waals surface area contributed by atoms with E-state index in [1.165, 1.54) is 66.2 Å². The zero-order valence-corrected chi connectivity index (χ0v) is 34.8. The molecule has 3 heteroatoms. The molecule has 9 aromatic carbocycles. The molecule has 0 fully saturated rings. The summed E-state index contributed by atoms with van der Waals surface area (Å²) in [7, 11) is 0. The van der Waals surface area contributed by atoms with E-state index in [0.29, 0.717) is 0 Å². The van der Waals surface area contributed by atoms with Gasteiger partial charge in [0.1, 0.15) is 0 Å². The van der Waals surface area contributed by atoms with Crippen molar-refractivity contribution in [3.05, 3.63) is 242 Å². The Bertz CT molecular complexity index is 3450. The van der Waals surface area contributed by atoms with Crippen molar-refractivity contribution in [2.75, 3.05) is 4.90 Å². The van der Waals surface area contributed by atoms with Crippen molar-refractivity contribution >= 4 is 55.8 Å². The molecule has 0 radical (unpaired) electrons. The van der Waals surface area contributed by atoms with Gasteiger partial charge in [0, 0.05) is 55.7 Å². The van der Waals surface area contributed by atoms with Crippen molar-refractivity contribution in [2.45, 2.75) is 12.8 Å². The van der Waals surface area contributed by atoms with Gasteiger partial charge in [-0.15, -0.1) is 0 Å². The van der Waals surface area contributed by atoms with Crippen molar-refractivity contribution in [2.24, 2.45) is 0 Å². The third kappa shape index (κ3) is 6.36. The molecule has 3 nitrogen and oxygen atoms in total. The van der Waals surface area contributed by atoms with Gasteiger partial charge in [-0.3, -0.25) is 0 Å². The molecule has 1 aliphatic rings. The van der Waals surface area contributed by atoms with E-state index < -0.39 is 0 Å². The van der Waals surface area contributed by atoms with Gasteiger partial charge in [-0.25, -0.2) is 0 Å². The van der Waals surface area contributed by atoms with Crippen LogP contribution in [0, 0.1) is 0 Å². The average molecular weight is 806 g/mol. The van der Waals surface area contributed by atoms with Crippen molar-refractivity contribution in [3.8, 4) is 44.8 Å². The number of fused-ring (bicyclic) bond motifs is 6. The molecule has 298 valence electrons. The standard InChI is InChI=1S/C60H43N3/c1-3-17-42(18-4-1)43-33-35-44(36-34-43)46-37-38-60(55(39-46)45-19-5-2-6-20-45)61(47-21-15-23-49(40-47)62-56-29-11-7-25-51(56)52-26-8-12-30-57(52)62)48-22-16-24-50(41-48)63-58-31-13-9-27-53(58)54-28-10-14-32-59(54)63/h1-13,15-31,33-41H,14,32H2. The van der Waals surface area contributed by atoms with Crippen LogP contribution in [0.15, 0.2) is 231 Å². The quantitative estimate of drug-likeness (QED) is 0.149. The van der Waals surface area contributed by atoms with Gasteiger partial charge in [-0.05, 0) is 107 Å². The number of hydrogen-bond donors (Lipinski definition) is 0. The van der Waals surface area contributed by atoms with Gasteiger partial charge < -0.3 is 14.0 Å². The summed E-state index contributed by atoms with van der Waals surface area (Å²) in [6, 6.07) is 81.9. The van der Waals surface area contributed by atoms with E-state index in [-0.39, 0.29) is 0 Å². The van der Waals surface area contributed by atoms with E-state index in [9.17, 15) is 0 Å². The first-order chi connectivity index (χ1) is 31.3. The number of hydrogen-bond acceptors (Lipinski definition) is 1. The molecule has 2 heterocycles. The average Bonchev–Trinajstić information content (AvgIpc) is 3.88. The number of para-hydroxylation sites is 3. The molecular weight excluding hydrogens is 763 g/mol. The largest absolute Gasteiger partial charge is 0.313 e. The molecular formula is C60H43N3. The van der Waals surface area contributed by atoms with Crippen LogP contribution in [0.4, 0.5) is 17.1 Å². The molecule has 11 aromatic rings. The Labute approximate surface area is 367 Å². The predicted molar refractivity (Wildman–Crippen MR) is 266 cm³/mol. The summed E-state index contributed by atoms with van der Waals surface area (Å²) in [6.45, 7) is 0. The molecule has 0 amide bonds. The van der Waals surface area contributed by atoms with Crippen LogP contribution in [0.25, 0.3) is 83.5 Å². The number of nitrogens with zero attached hydrogens (tertiary/aromatic N) is 3. The molecule has 0 bridgehead atoms.